The predicted octanol–water partition coefficient (Wildman–Crippen LogP) is 4.96. The van der Waals surface area contributed by atoms with Crippen molar-refractivity contribution in [3.8, 4) is 0 Å². The zero-order valence-corrected chi connectivity index (χ0v) is 15.4. The summed E-state index contributed by atoms with van der Waals surface area (Å²) >= 11 is 5.88. The van der Waals surface area contributed by atoms with Crippen molar-refractivity contribution in [1.82, 2.24) is 4.57 Å². The zero-order valence-electron chi connectivity index (χ0n) is 14.6. The molecule has 0 bridgehead atoms. The summed E-state index contributed by atoms with van der Waals surface area (Å²) in [6.45, 7) is 0.0159. The highest BCUT2D eigenvalue weighted by atomic mass is 35.5. The highest BCUT2D eigenvalue weighted by Crippen LogP contribution is 2.33. The zero-order chi connectivity index (χ0) is 21.2. The van der Waals surface area contributed by atoms with Crippen LogP contribution in [-0.2, 0) is 12.7 Å². The summed E-state index contributed by atoms with van der Waals surface area (Å²) < 4.78 is 53.1. The van der Waals surface area contributed by atoms with E-state index < -0.39 is 29.0 Å². The maximum atomic E-state index is 13.3. The summed E-state index contributed by atoms with van der Waals surface area (Å²) in [6, 6.07) is 10.6. The lowest BCUT2D eigenvalue weighted by Gasteiger charge is -2.12. The number of anilines is 1. The van der Waals surface area contributed by atoms with Crippen molar-refractivity contribution in [2.45, 2.75) is 12.7 Å². The number of aromatic nitrogens is 1. The second-order valence-corrected chi connectivity index (χ2v) is 6.57. The Morgan fingerprint density at radius 3 is 2.52 bits per heavy atom. The van der Waals surface area contributed by atoms with Crippen LogP contribution in [0.25, 0.3) is 0 Å². The van der Waals surface area contributed by atoms with Gasteiger partial charge in [-0.25, -0.2) is 4.39 Å². The number of alkyl halides is 3. The molecular weight excluding hydrogens is 412 g/mol. The molecule has 3 aromatic rings. The molecule has 0 spiro atoms. The number of halogens is 5. The molecule has 0 saturated heterocycles. The van der Waals surface area contributed by atoms with Crippen molar-refractivity contribution in [3.05, 3.63) is 98.7 Å². The molecule has 0 atom stereocenters. The largest absolute Gasteiger partial charge is 0.416 e. The second-order valence-electron chi connectivity index (χ2n) is 6.16. The van der Waals surface area contributed by atoms with Crippen molar-refractivity contribution in [2.24, 2.45) is 0 Å². The van der Waals surface area contributed by atoms with E-state index in [-0.39, 0.29) is 22.8 Å². The summed E-state index contributed by atoms with van der Waals surface area (Å²) in [5.41, 5.74) is -1.08. The van der Waals surface area contributed by atoms with Crippen LogP contribution in [0.3, 0.4) is 0 Å². The van der Waals surface area contributed by atoms with E-state index in [4.69, 9.17) is 11.6 Å². The lowest BCUT2D eigenvalue weighted by molar-refractivity contribution is -0.137. The molecular formula is C20H13ClF4N2O2. The molecule has 4 nitrogen and oxygen atoms in total. The molecule has 0 radical (unpaired) electrons. The normalized spacial score (nSPS) is 11.3. The number of carbonyl (C=O) groups is 1. The molecule has 0 saturated carbocycles. The van der Waals surface area contributed by atoms with Gasteiger partial charge in [-0.2, -0.15) is 13.2 Å². The van der Waals surface area contributed by atoms with Gasteiger partial charge in [-0.15, -0.1) is 0 Å². The van der Waals surface area contributed by atoms with E-state index in [1.807, 2.05) is 0 Å². The van der Waals surface area contributed by atoms with Crippen molar-refractivity contribution in [3.63, 3.8) is 0 Å². The molecule has 29 heavy (non-hydrogen) atoms. The quantitative estimate of drug-likeness (QED) is 0.602. The van der Waals surface area contributed by atoms with Gasteiger partial charge in [0.2, 0.25) is 0 Å². The Balaban J connectivity index is 1.86. The monoisotopic (exact) mass is 424 g/mol. The smallest absolute Gasteiger partial charge is 0.321 e. The molecule has 0 aliphatic rings. The van der Waals surface area contributed by atoms with Crippen molar-refractivity contribution in [1.29, 1.82) is 0 Å². The Morgan fingerprint density at radius 1 is 1.07 bits per heavy atom. The van der Waals surface area contributed by atoms with Crippen LogP contribution in [-0.4, -0.2) is 10.5 Å². The number of hydrogen-bond donors (Lipinski definition) is 1. The van der Waals surface area contributed by atoms with E-state index in [2.05, 4.69) is 5.32 Å². The van der Waals surface area contributed by atoms with Crippen LogP contribution in [0.1, 0.15) is 21.5 Å². The molecule has 1 amide bonds. The first-order valence-corrected chi connectivity index (χ1v) is 8.64. The van der Waals surface area contributed by atoms with Gasteiger partial charge in [0, 0.05) is 12.3 Å². The van der Waals surface area contributed by atoms with Gasteiger partial charge < -0.3 is 9.88 Å². The Labute approximate surface area is 167 Å². The van der Waals surface area contributed by atoms with E-state index in [9.17, 15) is 27.2 Å². The number of nitrogens with zero attached hydrogens (tertiary/aromatic N) is 1. The van der Waals surface area contributed by atoms with Crippen LogP contribution in [0.2, 0.25) is 5.02 Å². The van der Waals surface area contributed by atoms with Gasteiger partial charge >= 0.3 is 6.18 Å². The fourth-order valence-electron chi connectivity index (χ4n) is 2.61. The van der Waals surface area contributed by atoms with Crippen LogP contribution in [0.4, 0.5) is 23.2 Å². The van der Waals surface area contributed by atoms with Crippen LogP contribution in [0, 0.1) is 5.82 Å². The second kappa shape index (κ2) is 8.08. The summed E-state index contributed by atoms with van der Waals surface area (Å²) in [7, 11) is 0. The summed E-state index contributed by atoms with van der Waals surface area (Å²) in [4.78, 5) is 24.5. The first-order valence-electron chi connectivity index (χ1n) is 8.26. The average molecular weight is 425 g/mol. The maximum absolute atomic E-state index is 13.3. The summed E-state index contributed by atoms with van der Waals surface area (Å²) in [5, 5.41) is 2.24. The van der Waals surface area contributed by atoms with Gasteiger partial charge in [0.15, 0.2) is 0 Å². The molecule has 1 aromatic heterocycles. The van der Waals surface area contributed by atoms with Crippen LogP contribution < -0.4 is 10.9 Å². The number of rotatable bonds is 4. The standard InChI is InChI=1S/C20H13ClF4N2O2/c21-16-6-5-14(20(23,24)25)9-17(16)26-19(29)13-4-7-18(28)27(11-13)10-12-2-1-3-15(22)8-12/h1-9,11H,10H2,(H,26,29). The van der Waals surface area contributed by atoms with Gasteiger partial charge in [-0.3, -0.25) is 9.59 Å². The molecule has 1 N–H and O–H groups in total. The summed E-state index contributed by atoms with van der Waals surface area (Å²) in [6.07, 6.45) is -3.35. The molecule has 1 heterocycles. The minimum atomic E-state index is -4.59. The predicted molar refractivity (Wildman–Crippen MR) is 101 cm³/mol. The number of hydrogen-bond acceptors (Lipinski definition) is 2. The van der Waals surface area contributed by atoms with E-state index in [1.165, 1.54) is 35.0 Å². The van der Waals surface area contributed by atoms with Crippen molar-refractivity contribution in [2.75, 3.05) is 5.32 Å². The Morgan fingerprint density at radius 2 is 1.83 bits per heavy atom. The maximum Gasteiger partial charge on any atom is 0.416 e. The van der Waals surface area contributed by atoms with Crippen LogP contribution in [0.5, 0.6) is 0 Å². The fourth-order valence-corrected chi connectivity index (χ4v) is 2.78. The van der Waals surface area contributed by atoms with E-state index in [0.717, 1.165) is 24.3 Å². The van der Waals surface area contributed by atoms with Crippen LogP contribution >= 0.6 is 11.6 Å². The highest BCUT2D eigenvalue weighted by molar-refractivity contribution is 6.34. The number of amides is 1. The first-order chi connectivity index (χ1) is 13.6. The Kier molecular flexibility index (Phi) is 5.74. The molecule has 0 fully saturated rings. The minimum Gasteiger partial charge on any atom is -0.321 e. The first kappa shape index (κ1) is 20.6. The highest BCUT2D eigenvalue weighted by Gasteiger charge is 2.31. The number of benzene rings is 2. The average Bonchev–Trinajstić information content (AvgIpc) is 2.64. The van der Waals surface area contributed by atoms with Gasteiger partial charge in [0.25, 0.3) is 11.5 Å². The molecule has 0 aliphatic carbocycles. The topological polar surface area (TPSA) is 51.1 Å². The Bertz CT molecular complexity index is 1130. The fraction of sp³-hybridized carbons (Fsp3) is 0.100. The molecule has 150 valence electrons. The van der Waals surface area contributed by atoms with E-state index >= 15 is 0 Å². The SMILES string of the molecule is O=C(Nc1cc(C(F)(F)F)ccc1Cl)c1ccc(=O)n(Cc2cccc(F)c2)c1. The lowest BCUT2D eigenvalue weighted by Crippen LogP contribution is -2.22. The van der Waals surface area contributed by atoms with Gasteiger partial charge in [-0.1, -0.05) is 23.7 Å². The molecule has 9 heteroatoms. The molecule has 3 rings (SSSR count). The summed E-state index contributed by atoms with van der Waals surface area (Å²) in [5.74, 6) is -1.22. The van der Waals surface area contributed by atoms with Crippen molar-refractivity contribution >= 4 is 23.2 Å². The third kappa shape index (κ3) is 5.03. The minimum absolute atomic E-state index is 0.0159. The number of carbonyl (C=O) groups excluding carboxylic acids is 1. The number of nitrogens with one attached hydrogen (secondary N) is 1. The van der Waals surface area contributed by atoms with Gasteiger partial charge in [-0.05, 0) is 42.0 Å². The molecule has 2 aromatic carbocycles. The van der Waals surface area contributed by atoms with E-state index in [1.54, 1.807) is 6.07 Å². The number of pyridine rings is 1. The van der Waals surface area contributed by atoms with Crippen molar-refractivity contribution < 1.29 is 22.4 Å². The Hall–Kier alpha value is -3.13. The molecule has 0 unspecified atom stereocenters. The third-order valence-corrected chi connectivity index (χ3v) is 4.36. The third-order valence-electron chi connectivity index (χ3n) is 4.03. The lowest BCUT2D eigenvalue weighted by atomic mass is 10.1. The van der Waals surface area contributed by atoms with Gasteiger partial charge in [0.1, 0.15) is 5.82 Å². The molecule has 0 aliphatic heterocycles. The van der Waals surface area contributed by atoms with E-state index in [0.29, 0.717) is 5.56 Å². The van der Waals surface area contributed by atoms with Crippen LogP contribution in [0.15, 0.2) is 65.6 Å². The van der Waals surface area contributed by atoms with Gasteiger partial charge in [0.05, 0.1) is 28.4 Å².